The zero-order valence-electron chi connectivity index (χ0n) is 27.7. The molecule has 0 saturated carbocycles. The minimum absolute atomic E-state index is 0.0998. The third-order valence-electron chi connectivity index (χ3n) is 8.32. The van der Waals surface area contributed by atoms with E-state index in [9.17, 15) is 24.5 Å². The van der Waals surface area contributed by atoms with E-state index in [1.807, 2.05) is 37.3 Å². The molecule has 1 heterocycles. The molecule has 252 valence electrons. The fourth-order valence-electron chi connectivity index (χ4n) is 4.86. The van der Waals surface area contributed by atoms with Crippen molar-refractivity contribution in [2.24, 2.45) is 5.92 Å². The quantitative estimate of drug-likeness (QED) is 0.0411. The van der Waals surface area contributed by atoms with Gasteiger partial charge in [0, 0.05) is 44.8 Å². The summed E-state index contributed by atoms with van der Waals surface area (Å²) in [5.41, 5.74) is 0.0763. The number of carbonyl (C=O) groups is 3. The Balaban J connectivity index is 2.03. The van der Waals surface area contributed by atoms with Crippen LogP contribution in [0.3, 0.4) is 0 Å². The number of esters is 1. The molecule has 3 rings (SSSR count). The number of likely N-dealkylation sites (tertiary alicyclic amines) is 1. The van der Waals surface area contributed by atoms with Gasteiger partial charge in [-0.25, -0.2) is 4.79 Å². The second-order valence-corrected chi connectivity index (χ2v) is 20.6. The molecule has 0 radical (unpaired) electrons. The molecule has 1 saturated heterocycles. The van der Waals surface area contributed by atoms with Crippen LogP contribution in [-0.2, 0) is 43.7 Å². The van der Waals surface area contributed by atoms with Crippen LogP contribution in [0.4, 0.5) is 5.69 Å². The van der Waals surface area contributed by atoms with Crippen LogP contribution in [-0.4, -0.2) is 74.0 Å². The Labute approximate surface area is 275 Å². The normalized spacial score (nSPS) is 17.7. The highest BCUT2D eigenvalue weighted by Gasteiger charge is 2.57. The first kappa shape index (κ1) is 37.6. The van der Waals surface area contributed by atoms with E-state index in [0.717, 1.165) is 16.7 Å². The van der Waals surface area contributed by atoms with Gasteiger partial charge in [-0.2, -0.15) is 0 Å². The van der Waals surface area contributed by atoms with Crippen LogP contribution in [0.25, 0.3) is 0 Å². The fraction of sp³-hybridized carbons (Fsp3) is 0.484. The molecule has 1 aliphatic heterocycles. The van der Waals surface area contributed by atoms with Crippen molar-refractivity contribution in [1.82, 2.24) is 4.90 Å². The summed E-state index contributed by atoms with van der Waals surface area (Å²) in [5, 5.41) is 10.7. The highest BCUT2D eigenvalue weighted by molar-refractivity contribution is 8.13. The summed E-state index contributed by atoms with van der Waals surface area (Å²) in [6, 6.07) is 13.9. The number of rotatable bonds is 14. The van der Waals surface area contributed by atoms with Gasteiger partial charge in [-0.05, 0) is 54.9 Å². The molecule has 0 bridgehead atoms. The van der Waals surface area contributed by atoms with Crippen molar-refractivity contribution in [3.05, 3.63) is 70.3 Å². The van der Waals surface area contributed by atoms with Crippen LogP contribution < -0.4 is 0 Å². The van der Waals surface area contributed by atoms with Crippen LogP contribution in [0.1, 0.15) is 39.7 Å². The Bertz CT molecular complexity index is 1460. The van der Waals surface area contributed by atoms with Gasteiger partial charge in [0.25, 0.3) is 13.3 Å². The van der Waals surface area contributed by atoms with E-state index >= 15 is 0 Å². The maximum absolute atomic E-state index is 14.1. The van der Waals surface area contributed by atoms with Crippen LogP contribution in [0.5, 0.6) is 0 Å². The third kappa shape index (κ3) is 8.35. The summed E-state index contributed by atoms with van der Waals surface area (Å²) in [7, 11) is -2.12. The second-order valence-electron chi connectivity index (χ2n) is 12.2. The number of thioether (sulfide) groups is 1. The van der Waals surface area contributed by atoms with Crippen LogP contribution in [0.2, 0.25) is 18.1 Å². The molecule has 1 amide bonds. The molecule has 1 fully saturated rings. The van der Waals surface area contributed by atoms with E-state index in [1.54, 1.807) is 0 Å². The zero-order valence-corrected chi connectivity index (χ0v) is 30.4. The summed E-state index contributed by atoms with van der Waals surface area (Å²) in [5.74, 6) is -2.15. The highest BCUT2D eigenvalue weighted by atomic mass is 32.2. The molecule has 2 aromatic rings. The van der Waals surface area contributed by atoms with Gasteiger partial charge in [0.1, 0.15) is 6.61 Å². The predicted octanol–water partition coefficient (Wildman–Crippen LogP) is 6.42. The van der Waals surface area contributed by atoms with E-state index in [1.165, 1.54) is 50.5 Å². The Morgan fingerprint density at radius 3 is 2.09 bits per heavy atom. The van der Waals surface area contributed by atoms with Crippen molar-refractivity contribution in [3.8, 4) is 0 Å². The monoisotopic (exact) mass is 694 g/mol. The highest BCUT2D eigenvalue weighted by Crippen LogP contribution is 2.54. The summed E-state index contributed by atoms with van der Waals surface area (Å²) in [4.78, 5) is 53.9. The lowest BCUT2D eigenvalue weighted by Crippen LogP contribution is -2.69. The molecule has 3 atom stereocenters. The van der Waals surface area contributed by atoms with Gasteiger partial charge in [-0.15, -0.1) is 0 Å². The van der Waals surface area contributed by atoms with Crippen molar-refractivity contribution in [2.75, 3.05) is 21.3 Å². The molecule has 0 unspecified atom stereocenters. The third-order valence-corrected chi connectivity index (χ3v) is 16.2. The lowest BCUT2D eigenvalue weighted by atomic mass is 9.81. The van der Waals surface area contributed by atoms with Gasteiger partial charge in [-0.1, -0.05) is 50.7 Å². The van der Waals surface area contributed by atoms with Crippen molar-refractivity contribution in [2.45, 2.75) is 75.9 Å². The van der Waals surface area contributed by atoms with Crippen LogP contribution in [0, 0.1) is 16.0 Å². The lowest BCUT2D eigenvalue weighted by molar-refractivity contribution is -0.384. The molecule has 15 heteroatoms. The number of β-lactam (4-membered cyclic amide) rings is 1. The van der Waals surface area contributed by atoms with E-state index in [2.05, 4.69) is 33.9 Å². The number of nitro benzene ring substituents is 1. The van der Waals surface area contributed by atoms with Crippen molar-refractivity contribution >= 4 is 55.7 Å². The predicted molar refractivity (Wildman–Crippen MR) is 180 cm³/mol. The van der Waals surface area contributed by atoms with Crippen molar-refractivity contribution in [1.29, 1.82) is 0 Å². The van der Waals surface area contributed by atoms with Crippen LogP contribution >= 0.6 is 19.3 Å². The first-order chi connectivity index (χ1) is 21.5. The summed E-state index contributed by atoms with van der Waals surface area (Å²) in [6.07, 6.45) is -0.667. The molecule has 0 N–H and O–H groups in total. The maximum Gasteiger partial charge on any atom is 0.362 e. The minimum Gasteiger partial charge on any atom is -0.456 e. The molecule has 0 spiro atoms. The number of hydrogen-bond donors (Lipinski definition) is 0. The van der Waals surface area contributed by atoms with Gasteiger partial charge < -0.3 is 22.7 Å². The van der Waals surface area contributed by atoms with Gasteiger partial charge in [-0.3, -0.25) is 24.6 Å². The number of benzene rings is 2. The summed E-state index contributed by atoms with van der Waals surface area (Å²) >= 11 is 1.04. The molecular weight excluding hydrogens is 651 g/mol. The number of hydrogen-bond acceptors (Lipinski definition) is 11. The van der Waals surface area contributed by atoms with Gasteiger partial charge in [0.15, 0.2) is 13.4 Å². The van der Waals surface area contributed by atoms with Gasteiger partial charge >= 0.3 is 5.97 Å². The van der Waals surface area contributed by atoms with E-state index in [0.29, 0.717) is 5.56 Å². The van der Waals surface area contributed by atoms with Gasteiger partial charge in [0.05, 0.1) is 23.0 Å². The minimum atomic E-state index is -3.67. The number of nitrogens with zero attached hydrogens (tertiary/aromatic N) is 2. The number of non-ortho nitro benzene ring substituents is 1. The van der Waals surface area contributed by atoms with E-state index < -0.39 is 50.7 Å². The summed E-state index contributed by atoms with van der Waals surface area (Å²) in [6.45, 7) is 12.0. The largest absolute Gasteiger partial charge is 0.456 e. The fourth-order valence-corrected chi connectivity index (χ4v) is 8.86. The van der Waals surface area contributed by atoms with Crippen LogP contribution in [0.15, 0.2) is 59.5 Å². The topological polar surface area (TPSA) is 144 Å². The Kier molecular flexibility index (Phi) is 12.6. The van der Waals surface area contributed by atoms with E-state index in [-0.39, 0.29) is 34.3 Å². The number of amides is 1. The lowest BCUT2D eigenvalue weighted by Gasteiger charge is -2.51. The average molecular weight is 695 g/mol. The van der Waals surface area contributed by atoms with Crippen molar-refractivity contribution in [3.63, 3.8) is 0 Å². The Hall–Kier alpha value is -2.84. The molecule has 46 heavy (non-hydrogen) atoms. The number of carbonyl (C=O) groups excluding carboxylic acids is 3. The van der Waals surface area contributed by atoms with Crippen molar-refractivity contribution < 1.29 is 42.0 Å². The molecule has 1 aliphatic rings. The Morgan fingerprint density at radius 2 is 1.59 bits per heavy atom. The molecule has 0 aliphatic carbocycles. The number of nitro groups is 1. The SMILES string of the molecule is COP(OC)(OC)=C(C(=O)OCc1ccc([N+](=O)[O-])cc1)N1C(=O)[C@H]([C@@H](C)O[Si](C)(C)C(C)(C)C)[C@H]1CC(=O)Sc1ccccc1. The Morgan fingerprint density at radius 1 is 1.02 bits per heavy atom. The molecule has 12 nitrogen and oxygen atoms in total. The van der Waals surface area contributed by atoms with E-state index in [4.69, 9.17) is 22.7 Å². The smallest absolute Gasteiger partial charge is 0.362 e. The van der Waals surface area contributed by atoms with Gasteiger partial charge in [0.2, 0.25) is 11.3 Å². The standard InChI is InChI=1S/C31H43N2O10PSSi/c1-21(43-46(8,9)31(2,3)4)27-25(19-26(34)45-24-13-11-10-12-14-24)32(28(27)35)29(44(39-5,40-6)41-7)30(36)42-20-22-15-17-23(18-16-22)33(37)38/h10-18,21,25,27H,19-20H2,1-9H3/t21-,25-,27-/m1/s1. The first-order valence-corrected chi connectivity index (χ1v) is 19.9. The first-order valence-electron chi connectivity index (χ1n) is 14.6. The zero-order chi connectivity index (χ0) is 34.4. The summed E-state index contributed by atoms with van der Waals surface area (Å²) < 4.78 is 29.1. The second kappa shape index (κ2) is 15.4. The number of ether oxygens (including phenoxy) is 1. The average Bonchev–Trinajstić information content (AvgIpc) is 3.00. The maximum atomic E-state index is 14.1. The molecule has 2 aromatic carbocycles. The molecular formula is C31H43N2O10PSSi. The molecule has 0 aromatic heterocycles.